The first-order chi connectivity index (χ1) is 8.24. The average molecular weight is 286 g/mol. The van der Waals surface area contributed by atoms with E-state index < -0.39 is 12.7 Å². The largest absolute Gasteiger partial charge is 0.401 e. The van der Waals surface area contributed by atoms with Gasteiger partial charge in [0.25, 0.3) is 0 Å². The SMILES string of the molecule is Cc1nn(C)c(CN(CCO)CC(F)(F)F)c1Cl. The van der Waals surface area contributed by atoms with Gasteiger partial charge in [-0.25, -0.2) is 0 Å². The molecule has 0 saturated carbocycles. The number of aromatic nitrogens is 2. The highest BCUT2D eigenvalue weighted by Gasteiger charge is 2.31. The standard InChI is InChI=1S/C10H15ClF3N3O/c1-7-9(11)8(16(2)15-7)5-17(3-4-18)6-10(12,13)14/h18H,3-6H2,1-2H3. The van der Waals surface area contributed by atoms with Crippen LogP contribution in [-0.4, -0.2) is 45.7 Å². The lowest BCUT2D eigenvalue weighted by molar-refractivity contribution is -0.148. The fourth-order valence-corrected chi connectivity index (χ4v) is 1.89. The van der Waals surface area contributed by atoms with Crippen molar-refractivity contribution in [2.75, 3.05) is 19.7 Å². The number of alkyl halides is 3. The Morgan fingerprint density at radius 1 is 1.44 bits per heavy atom. The van der Waals surface area contributed by atoms with Crippen molar-refractivity contribution in [2.24, 2.45) is 7.05 Å². The summed E-state index contributed by atoms with van der Waals surface area (Å²) in [6.45, 7) is 0.181. The molecule has 0 atom stereocenters. The molecule has 0 spiro atoms. The van der Waals surface area contributed by atoms with Crippen molar-refractivity contribution >= 4 is 11.6 Å². The normalized spacial score (nSPS) is 12.4. The minimum Gasteiger partial charge on any atom is -0.395 e. The molecule has 0 saturated heterocycles. The lowest BCUT2D eigenvalue weighted by Gasteiger charge is -2.22. The van der Waals surface area contributed by atoms with Gasteiger partial charge in [-0.15, -0.1) is 0 Å². The van der Waals surface area contributed by atoms with Gasteiger partial charge in [0.05, 0.1) is 29.6 Å². The third kappa shape index (κ3) is 4.15. The molecule has 4 nitrogen and oxygen atoms in total. The molecule has 104 valence electrons. The topological polar surface area (TPSA) is 41.3 Å². The maximum atomic E-state index is 12.4. The van der Waals surface area contributed by atoms with Crippen molar-refractivity contribution < 1.29 is 18.3 Å². The highest BCUT2D eigenvalue weighted by molar-refractivity contribution is 6.31. The van der Waals surface area contributed by atoms with Crippen LogP contribution in [-0.2, 0) is 13.6 Å². The van der Waals surface area contributed by atoms with E-state index in [1.54, 1.807) is 14.0 Å². The molecule has 0 aromatic carbocycles. The van der Waals surface area contributed by atoms with Gasteiger partial charge >= 0.3 is 6.18 Å². The number of halogens is 4. The second kappa shape index (κ2) is 5.90. The van der Waals surface area contributed by atoms with E-state index >= 15 is 0 Å². The van der Waals surface area contributed by atoms with E-state index in [0.29, 0.717) is 16.4 Å². The van der Waals surface area contributed by atoms with E-state index in [0.717, 1.165) is 4.90 Å². The van der Waals surface area contributed by atoms with Crippen LogP contribution >= 0.6 is 11.6 Å². The van der Waals surface area contributed by atoms with Crippen LogP contribution in [0, 0.1) is 6.92 Å². The Labute approximate surface area is 108 Å². The molecule has 1 N–H and O–H groups in total. The summed E-state index contributed by atoms with van der Waals surface area (Å²) in [6.07, 6.45) is -4.31. The van der Waals surface area contributed by atoms with Crippen LogP contribution in [0.5, 0.6) is 0 Å². The Balaban J connectivity index is 2.83. The molecule has 1 aromatic heterocycles. The Morgan fingerprint density at radius 3 is 2.44 bits per heavy atom. The maximum Gasteiger partial charge on any atom is 0.401 e. The van der Waals surface area contributed by atoms with Gasteiger partial charge in [-0.1, -0.05) is 11.6 Å². The first-order valence-electron chi connectivity index (χ1n) is 5.32. The highest BCUT2D eigenvalue weighted by atomic mass is 35.5. The molecule has 0 radical (unpaired) electrons. The molecule has 1 aromatic rings. The Morgan fingerprint density at radius 2 is 2.06 bits per heavy atom. The molecule has 0 aliphatic carbocycles. The fourth-order valence-electron chi connectivity index (χ4n) is 1.67. The van der Waals surface area contributed by atoms with E-state index in [9.17, 15) is 13.2 Å². The van der Waals surface area contributed by atoms with E-state index in [2.05, 4.69) is 5.10 Å². The number of nitrogens with zero attached hydrogens (tertiary/aromatic N) is 3. The first kappa shape index (κ1) is 15.3. The number of hydrogen-bond acceptors (Lipinski definition) is 3. The zero-order valence-corrected chi connectivity index (χ0v) is 10.9. The second-order valence-corrected chi connectivity index (χ2v) is 4.40. The summed E-state index contributed by atoms with van der Waals surface area (Å²) in [4.78, 5) is 1.09. The fraction of sp³-hybridized carbons (Fsp3) is 0.700. The van der Waals surface area contributed by atoms with Crippen molar-refractivity contribution in [3.63, 3.8) is 0 Å². The van der Waals surface area contributed by atoms with Gasteiger partial charge in [0.1, 0.15) is 0 Å². The summed E-state index contributed by atoms with van der Waals surface area (Å²) in [5, 5.41) is 13.2. The zero-order chi connectivity index (χ0) is 13.9. The summed E-state index contributed by atoms with van der Waals surface area (Å²) in [5.41, 5.74) is 1.08. The van der Waals surface area contributed by atoms with Crippen LogP contribution in [0.3, 0.4) is 0 Å². The van der Waals surface area contributed by atoms with Crippen LogP contribution in [0.25, 0.3) is 0 Å². The number of hydrogen-bond donors (Lipinski definition) is 1. The van der Waals surface area contributed by atoms with Crippen LogP contribution in [0.4, 0.5) is 13.2 Å². The van der Waals surface area contributed by atoms with Crippen LogP contribution < -0.4 is 0 Å². The summed E-state index contributed by atoms with van der Waals surface area (Å²) >= 11 is 5.98. The quantitative estimate of drug-likeness (QED) is 0.896. The molecule has 0 bridgehead atoms. The molecular formula is C10H15ClF3N3O. The van der Waals surface area contributed by atoms with Gasteiger partial charge < -0.3 is 5.11 Å². The van der Waals surface area contributed by atoms with Crippen LogP contribution in [0.2, 0.25) is 5.02 Å². The Kier molecular flexibility index (Phi) is 5.01. The summed E-state index contributed by atoms with van der Waals surface area (Å²) in [7, 11) is 1.62. The van der Waals surface area contributed by atoms with E-state index in [1.165, 1.54) is 4.68 Å². The van der Waals surface area contributed by atoms with Crippen molar-refractivity contribution in [2.45, 2.75) is 19.6 Å². The van der Waals surface area contributed by atoms with Gasteiger partial charge in [0.2, 0.25) is 0 Å². The summed E-state index contributed by atoms with van der Waals surface area (Å²) < 4.78 is 38.5. The predicted molar refractivity (Wildman–Crippen MR) is 61.4 cm³/mol. The monoisotopic (exact) mass is 285 g/mol. The van der Waals surface area contributed by atoms with Gasteiger partial charge in [0, 0.05) is 20.1 Å². The second-order valence-electron chi connectivity index (χ2n) is 4.02. The third-order valence-corrected chi connectivity index (χ3v) is 2.95. The van der Waals surface area contributed by atoms with Gasteiger partial charge in [0.15, 0.2) is 0 Å². The molecular weight excluding hydrogens is 271 g/mol. The Hall–Kier alpha value is -0.790. The molecule has 8 heteroatoms. The minimum atomic E-state index is -4.31. The minimum absolute atomic E-state index is 0.00373. The van der Waals surface area contributed by atoms with E-state index in [-0.39, 0.29) is 19.7 Å². The van der Waals surface area contributed by atoms with Gasteiger partial charge in [-0.05, 0) is 6.92 Å². The number of aryl methyl sites for hydroxylation is 2. The third-order valence-electron chi connectivity index (χ3n) is 2.45. The van der Waals surface area contributed by atoms with E-state index in [1.807, 2.05) is 0 Å². The van der Waals surface area contributed by atoms with Crippen molar-refractivity contribution in [3.8, 4) is 0 Å². The van der Waals surface area contributed by atoms with Gasteiger partial charge in [-0.2, -0.15) is 18.3 Å². The lowest BCUT2D eigenvalue weighted by Crippen LogP contribution is -2.36. The molecule has 0 unspecified atom stereocenters. The first-order valence-corrected chi connectivity index (χ1v) is 5.70. The number of rotatable bonds is 5. The van der Waals surface area contributed by atoms with Crippen LogP contribution in [0.15, 0.2) is 0 Å². The van der Waals surface area contributed by atoms with Crippen molar-refractivity contribution in [1.82, 2.24) is 14.7 Å². The highest BCUT2D eigenvalue weighted by Crippen LogP contribution is 2.23. The summed E-state index contributed by atoms with van der Waals surface area (Å²) in [5.74, 6) is 0. The molecule has 0 aliphatic heterocycles. The molecule has 1 heterocycles. The van der Waals surface area contributed by atoms with Crippen molar-refractivity contribution in [1.29, 1.82) is 0 Å². The molecule has 0 fully saturated rings. The van der Waals surface area contributed by atoms with Gasteiger partial charge in [-0.3, -0.25) is 9.58 Å². The maximum absolute atomic E-state index is 12.4. The molecule has 18 heavy (non-hydrogen) atoms. The zero-order valence-electron chi connectivity index (χ0n) is 10.1. The smallest absolute Gasteiger partial charge is 0.395 e. The molecule has 0 amide bonds. The van der Waals surface area contributed by atoms with E-state index in [4.69, 9.17) is 16.7 Å². The van der Waals surface area contributed by atoms with Crippen molar-refractivity contribution in [3.05, 3.63) is 16.4 Å². The van der Waals surface area contributed by atoms with Crippen LogP contribution in [0.1, 0.15) is 11.4 Å². The number of aliphatic hydroxyl groups is 1. The average Bonchev–Trinajstić information content (AvgIpc) is 2.43. The molecule has 0 aliphatic rings. The molecule has 1 rings (SSSR count). The predicted octanol–water partition coefficient (Wildman–Crippen LogP) is 1.74. The Bertz CT molecular complexity index is 406. The summed E-state index contributed by atoms with van der Waals surface area (Å²) in [6, 6.07) is 0. The lowest BCUT2D eigenvalue weighted by atomic mass is 10.3. The number of aliphatic hydroxyl groups excluding tert-OH is 1.